The van der Waals surface area contributed by atoms with Crippen LogP contribution in [0, 0.1) is 5.92 Å². The van der Waals surface area contributed by atoms with Gasteiger partial charge in [0, 0.05) is 0 Å². The first kappa shape index (κ1) is 12.8. The molecule has 0 aliphatic carbocycles. The van der Waals surface area contributed by atoms with Crippen molar-refractivity contribution in [3.8, 4) is 0 Å². The minimum atomic E-state index is -4.81. The molecule has 1 N–H and O–H groups in total. The third-order valence-electron chi connectivity index (χ3n) is 1.29. The zero-order valence-electron chi connectivity index (χ0n) is 7.59. The topological polar surface area (TPSA) is 107 Å². The van der Waals surface area contributed by atoms with Crippen molar-refractivity contribution in [3.63, 3.8) is 0 Å². The molecular formula is C6H10O7S. The maximum Gasteiger partial charge on any atom is 0.448 e. The van der Waals surface area contributed by atoms with Gasteiger partial charge in [-0.05, 0) is 0 Å². The van der Waals surface area contributed by atoms with Gasteiger partial charge in [-0.1, -0.05) is 6.92 Å². The summed E-state index contributed by atoms with van der Waals surface area (Å²) in [4.78, 5) is 21.5. The molecule has 0 amide bonds. The Morgan fingerprint density at radius 2 is 1.93 bits per heavy atom. The van der Waals surface area contributed by atoms with Crippen molar-refractivity contribution in [2.24, 2.45) is 5.92 Å². The van der Waals surface area contributed by atoms with Gasteiger partial charge in [0.25, 0.3) is 0 Å². The van der Waals surface area contributed by atoms with Crippen LogP contribution in [0.5, 0.6) is 0 Å². The van der Waals surface area contributed by atoms with E-state index in [-0.39, 0.29) is 6.42 Å². The first-order valence-electron chi connectivity index (χ1n) is 3.54. The molecule has 0 aromatic heterocycles. The first-order valence-corrected chi connectivity index (χ1v) is 4.90. The van der Waals surface area contributed by atoms with Gasteiger partial charge in [-0.2, -0.15) is 8.42 Å². The highest BCUT2D eigenvalue weighted by Gasteiger charge is 2.23. The van der Waals surface area contributed by atoms with E-state index in [0.29, 0.717) is 0 Å². The van der Waals surface area contributed by atoms with E-state index in [1.807, 2.05) is 0 Å². The number of ether oxygens (including phenoxy) is 1. The van der Waals surface area contributed by atoms with Crippen molar-refractivity contribution >= 4 is 22.3 Å². The van der Waals surface area contributed by atoms with Gasteiger partial charge in [0.05, 0.1) is 19.4 Å². The number of methoxy groups -OCH3 is 1. The Bertz CT molecular complexity index is 317. The highest BCUT2D eigenvalue weighted by atomic mass is 32.3. The van der Waals surface area contributed by atoms with Crippen LogP contribution in [-0.2, 0) is 28.9 Å². The van der Waals surface area contributed by atoms with Crippen LogP contribution in [0.2, 0.25) is 0 Å². The Morgan fingerprint density at radius 1 is 1.43 bits per heavy atom. The summed E-state index contributed by atoms with van der Waals surface area (Å²) < 4.78 is 36.2. The summed E-state index contributed by atoms with van der Waals surface area (Å²) in [6, 6.07) is 0. The molecule has 0 rings (SSSR count). The molecule has 1 atom stereocenters. The fraction of sp³-hybridized carbons (Fsp3) is 0.667. The Balaban J connectivity index is 4.21. The second-order valence-electron chi connectivity index (χ2n) is 2.51. The molecule has 0 spiro atoms. The van der Waals surface area contributed by atoms with Crippen molar-refractivity contribution in [1.29, 1.82) is 0 Å². The minimum absolute atomic E-state index is 0.315. The third kappa shape index (κ3) is 5.49. The summed E-state index contributed by atoms with van der Waals surface area (Å²) in [6.45, 7) is 1.27. The van der Waals surface area contributed by atoms with E-state index in [1.54, 1.807) is 0 Å². The molecule has 0 aliphatic rings. The summed E-state index contributed by atoms with van der Waals surface area (Å²) >= 11 is 0. The Kier molecular flexibility index (Phi) is 4.51. The van der Waals surface area contributed by atoms with Gasteiger partial charge in [-0.3, -0.25) is 14.1 Å². The molecule has 0 saturated heterocycles. The average molecular weight is 226 g/mol. The zero-order chi connectivity index (χ0) is 11.4. The Labute approximate surface area is 81.0 Å². The lowest BCUT2D eigenvalue weighted by Gasteiger charge is -2.06. The molecule has 14 heavy (non-hydrogen) atoms. The van der Waals surface area contributed by atoms with Crippen LogP contribution in [0.3, 0.4) is 0 Å². The normalized spacial score (nSPS) is 13.1. The summed E-state index contributed by atoms with van der Waals surface area (Å²) in [6.07, 6.45) is -0.315. The van der Waals surface area contributed by atoms with Crippen molar-refractivity contribution in [2.45, 2.75) is 13.3 Å². The number of carbonyl (C=O) groups is 2. The van der Waals surface area contributed by atoms with Crippen molar-refractivity contribution < 1.29 is 31.5 Å². The molecule has 0 fully saturated rings. The second kappa shape index (κ2) is 4.91. The van der Waals surface area contributed by atoms with Crippen LogP contribution in [0.25, 0.3) is 0 Å². The van der Waals surface area contributed by atoms with Gasteiger partial charge in [0.1, 0.15) is 0 Å². The van der Waals surface area contributed by atoms with E-state index in [4.69, 9.17) is 4.55 Å². The summed E-state index contributed by atoms with van der Waals surface area (Å²) in [7, 11) is -3.68. The van der Waals surface area contributed by atoms with Crippen molar-refractivity contribution in [1.82, 2.24) is 0 Å². The molecule has 0 aromatic rings. The number of hydrogen-bond donors (Lipinski definition) is 1. The molecule has 0 radical (unpaired) electrons. The maximum absolute atomic E-state index is 10.8. The van der Waals surface area contributed by atoms with Crippen LogP contribution >= 0.6 is 0 Å². The molecular weight excluding hydrogens is 216 g/mol. The Hall–Kier alpha value is -1.15. The van der Waals surface area contributed by atoms with Gasteiger partial charge in [0.15, 0.2) is 0 Å². The highest BCUT2D eigenvalue weighted by Crippen LogP contribution is 2.07. The van der Waals surface area contributed by atoms with Gasteiger partial charge in [-0.15, -0.1) is 0 Å². The van der Waals surface area contributed by atoms with E-state index >= 15 is 0 Å². The lowest BCUT2D eigenvalue weighted by Crippen LogP contribution is -2.21. The molecule has 0 heterocycles. The fourth-order valence-corrected chi connectivity index (χ4v) is 0.974. The summed E-state index contributed by atoms with van der Waals surface area (Å²) in [5, 5.41) is 0. The molecule has 7 nitrogen and oxygen atoms in total. The van der Waals surface area contributed by atoms with E-state index in [9.17, 15) is 18.0 Å². The third-order valence-corrected chi connectivity index (χ3v) is 1.67. The predicted molar refractivity (Wildman–Crippen MR) is 43.4 cm³/mol. The second-order valence-corrected chi connectivity index (χ2v) is 3.53. The lowest BCUT2D eigenvalue weighted by atomic mass is 10.1. The van der Waals surface area contributed by atoms with Crippen LogP contribution in [0.1, 0.15) is 13.3 Å². The molecule has 82 valence electrons. The largest absolute Gasteiger partial charge is 0.469 e. The molecule has 0 saturated carbocycles. The lowest BCUT2D eigenvalue weighted by molar-refractivity contribution is -0.147. The van der Waals surface area contributed by atoms with Crippen LogP contribution < -0.4 is 0 Å². The van der Waals surface area contributed by atoms with Gasteiger partial charge < -0.3 is 8.92 Å². The molecule has 0 aromatic carbocycles. The minimum Gasteiger partial charge on any atom is -0.469 e. The van der Waals surface area contributed by atoms with E-state index in [0.717, 1.165) is 7.11 Å². The quantitative estimate of drug-likeness (QED) is 0.510. The van der Waals surface area contributed by atoms with E-state index < -0.39 is 28.3 Å². The van der Waals surface area contributed by atoms with E-state index in [2.05, 4.69) is 8.92 Å². The molecule has 1 unspecified atom stereocenters. The maximum atomic E-state index is 10.8. The van der Waals surface area contributed by atoms with Gasteiger partial charge in [-0.25, -0.2) is 0 Å². The Morgan fingerprint density at radius 3 is 2.29 bits per heavy atom. The van der Waals surface area contributed by atoms with Crippen molar-refractivity contribution in [3.05, 3.63) is 0 Å². The smallest absolute Gasteiger partial charge is 0.448 e. The van der Waals surface area contributed by atoms with Crippen LogP contribution in [-0.4, -0.2) is 32.0 Å². The SMILES string of the molecule is COC(=O)CC(C)C(=O)OS(=O)(=O)O. The standard InChI is InChI=1S/C6H10O7S/c1-4(3-5(7)12-2)6(8)13-14(9,10)11/h4H,3H2,1-2H3,(H,9,10,11). The zero-order valence-corrected chi connectivity index (χ0v) is 8.41. The fourth-order valence-electron chi connectivity index (χ4n) is 0.603. The van der Waals surface area contributed by atoms with Gasteiger partial charge >= 0.3 is 22.3 Å². The monoisotopic (exact) mass is 226 g/mol. The molecule has 8 heteroatoms. The average Bonchev–Trinajstić information content (AvgIpc) is 2.00. The van der Waals surface area contributed by atoms with Crippen molar-refractivity contribution in [2.75, 3.05) is 7.11 Å². The predicted octanol–water partition coefficient (Wildman–Crippen LogP) is -0.468. The summed E-state index contributed by atoms with van der Waals surface area (Å²) in [5.74, 6) is -2.88. The first-order chi connectivity index (χ1) is 6.26. The number of esters is 1. The number of rotatable bonds is 4. The van der Waals surface area contributed by atoms with E-state index in [1.165, 1.54) is 6.92 Å². The summed E-state index contributed by atoms with van der Waals surface area (Å²) in [5.41, 5.74) is 0. The highest BCUT2D eigenvalue weighted by molar-refractivity contribution is 7.81. The number of carbonyl (C=O) groups excluding carboxylic acids is 2. The van der Waals surface area contributed by atoms with Crippen LogP contribution in [0.15, 0.2) is 0 Å². The number of hydrogen-bond acceptors (Lipinski definition) is 6. The molecule has 0 aliphatic heterocycles. The van der Waals surface area contributed by atoms with Crippen LogP contribution in [0.4, 0.5) is 0 Å². The molecule has 0 bridgehead atoms. The van der Waals surface area contributed by atoms with Gasteiger partial charge in [0.2, 0.25) is 0 Å².